The van der Waals surface area contributed by atoms with Gasteiger partial charge in [0.2, 0.25) is 5.82 Å². The number of fused-ring (bicyclic) bond motifs is 2. The largest absolute Gasteiger partial charge is 0.345 e. The van der Waals surface area contributed by atoms with E-state index in [0.29, 0.717) is 24.2 Å². The molecule has 1 saturated heterocycles. The van der Waals surface area contributed by atoms with Crippen LogP contribution >= 0.6 is 11.3 Å². The number of thiophene rings is 1. The van der Waals surface area contributed by atoms with Crippen LogP contribution in [0.15, 0.2) is 41.8 Å². The van der Waals surface area contributed by atoms with Crippen LogP contribution in [0.5, 0.6) is 0 Å². The maximum absolute atomic E-state index is 12.7. The van der Waals surface area contributed by atoms with E-state index in [0.717, 1.165) is 44.0 Å². The summed E-state index contributed by atoms with van der Waals surface area (Å²) in [6.07, 6.45) is 0.906. The second kappa shape index (κ2) is 7.72. The summed E-state index contributed by atoms with van der Waals surface area (Å²) in [6.45, 7) is 6.73. The van der Waals surface area contributed by atoms with Gasteiger partial charge in [0.25, 0.3) is 5.91 Å². The fraction of sp³-hybridized carbons (Fsp3) is 0.409. The molecule has 7 heteroatoms. The predicted octanol–water partition coefficient (Wildman–Crippen LogP) is 2.88. The van der Waals surface area contributed by atoms with Crippen molar-refractivity contribution < 1.29 is 4.79 Å². The van der Waals surface area contributed by atoms with E-state index in [2.05, 4.69) is 38.8 Å². The summed E-state index contributed by atoms with van der Waals surface area (Å²) in [7, 11) is 0. The molecule has 0 bridgehead atoms. The van der Waals surface area contributed by atoms with Crippen LogP contribution in [-0.4, -0.2) is 38.7 Å². The van der Waals surface area contributed by atoms with Crippen LogP contribution < -0.4 is 5.32 Å². The van der Waals surface area contributed by atoms with Gasteiger partial charge in [-0.15, -0.1) is 21.5 Å². The molecule has 2 unspecified atom stereocenters. The number of hydrogen-bond acceptors (Lipinski definition) is 5. The number of aromatic nitrogens is 3. The van der Waals surface area contributed by atoms with Crippen molar-refractivity contribution in [1.29, 1.82) is 0 Å². The zero-order valence-corrected chi connectivity index (χ0v) is 17.4. The summed E-state index contributed by atoms with van der Waals surface area (Å²) in [5.74, 6) is 2.41. The number of amides is 1. The fourth-order valence-corrected chi connectivity index (χ4v) is 5.49. The molecule has 1 aromatic carbocycles. The Labute approximate surface area is 174 Å². The van der Waals surface area contributed by atoms with Crippen molar-refractivity contribution in [2.45, 2.75) is 33.0 Å². The summed E-state index contributed by atoms with van der Waals surface area (Å²) >= 11 is 1.85. The zero-order valence-electron chi connectivity index (χ0n) is 16.5. The highest BCUT2D eigenvalue weighted by atomic mass is 32.1. The van der Waals surface area contributed by atoms with Crippen LogP contribution in [0.1, 0.15) is 32.4 Å². The van der Waals surface area contributed by atoms with Gasteiger partial charge < -0.3 is 9.88 Å². The maximum Gasteiger partial charge on any atom is 0.289 e. The molecule has 6 nitrogen and oxygen atoms in total. The lowest BCUT2D eigenvalue weighted by molar-refractivity contribution is 0.0932. The predicted molar refractivity (Wildman–Crippen MR) is 113 cm³/mol. The van der Waals surface area contributed by atoms with E-state index < -0.39 is 0 Å². The standard InChI is InChI=1S/C22H25N5OS/c1-15-7-8-29-19(15)14-26-11-17-9-20-24-25-21(27(20)13-18(17)12-26)22(28)23-10-16-5-3-2-4-6-16/h2-8,17-18H,9-14H2,1H3,(H,23,28). The Hall–Kier alpha value is -2.51. The molecule has 4 heterocycles. The zero-order chi connectivity index (χ0) is 19.8. The molecular formula is C22H25N5OS. The summed E-state index contributed by atoms with van der Waals surface area (Å²) < 4.78 is 2.04. The van der Waals surface area contributed by atoms with Crippen LogP contribution in [0.25, 0.3) is 0 Å². The summed E-state index contributed by atoms with van der Waals surface area (Å²) in [5, 5.41) is 13.7. The first-order chi connectivity index (χ1) is 14.2. The minimum absolute atomic E-state index is 0.143. The van der Waals surface area contributed by atoms with Crippen molar-refractivity contribution in [3.05, 3.63) is 69.4 Å². The highest BCUT2D eigenvalue weighted by Gasteiger charge is 2.39. The first kappa shape index (κ1) is 18.5. The molecule has 2 aliphatic heterocycles. The number of carbonyl (C=O) groups is 1. The minimum atomic E-state index is -0.143. The molecule has 1 amide bonds. The average Bonchev–Trinajstić information content (AvgIpc) is 3.43. The third-order valence-corrected chi connectivity index (χ3v) is 7.18. The Kier molecular flexibility index (Phi) is 4.93. The second-order valence-corrected chi connectivity index (χ2v) is 9.16. The summed E-state index contributed by atoms with van der Waals surface area (Å²) in [6, 6.07) is 12.1. The van der Waals surface area contributed by atoms with Gasteiger partial charge in [-0.05, 0) is 41.3 Å². The summed E-state index contributed by atoms with van der Waals surface area (Å²) in [5.41, 5.74) is 2.47. The molecule has 0 aliphatic carbocycles. The molecule has 1 N–H and O–H groups in total. The molecule has 2 aromatic heterocycles. The Balaban J connectivity index is 1.24. The van der Waals surface area contributed by atoms with E-state index in [1.54, 1.807) is 0 Å². The minimum Gasteiger partial charge on any atom is -0.345 e. The molecule has 1 fully saturated rings. The molecule has 5 rings (SSSR count). The van der Waals surface area contributed by atoms with E-state index in [9.17, 15) is 4.79 Å². The van der Waals surface area contributed by atoms with Gasteiger partial charge in [-0.1, -0.05) is 30.3 Å². The average molecular weight is 408 g/mol. The smallest absolute Gasteiger partial charge is 0.289 e. The molecule has 0 radical (unpaired) electrons. The van der Waals surface area contributed by atoms with E-state index in [-0.39, 0.29) is 5.91 Å². The monoisotopic (exact) mass is 407 g/mol. The molecule has 0 spiro atoms. The molecule has 3 aromatic rings. The number of benzene rings is 1. The van der Waals surface area contributed by atoms with Crippen LogP contribution in [0, 0.1) is 18.8 Å². The normalized spacial score (nSPS) is 21.0. The van der Waals surface area contributed by atoms with Gasteiger partial charge in [0.05, 0.1) is 0 Å². The van der Waals surface area contributed by atoms with Gasteiger partial charge in [0.15, 0.2) is 0 Å². The fourth-order valence-electron chi connectivity index (χ4n) is 4.54. The first-order valence-corrected chi connectivity index (χ1v) is 11.0. The Morgan fingerprint density at radius 3 is 2.76 bits per heavy atom. The SMILES string of the molecule is Cc1ccsc1CN1CC2Cc3nnc(C(=O)NCc4ccccc4)n3CC2C1. The highest BCUT2D eigenvalue weighted by molar-refractivity contribution is 7.10. The van der Waals surface area contributed by atoms with Crippen molar-refractivity contribution >= 4 is 17.2 Å². The van der Waals surface area contributed by atoms with Crippen molar-refractivity contribution in [1.82, 2.24) is 25.0 Å². The number of likely N-dealkylation sites (tertiary alicyclic amines) is 1. The lowest BCUT2D eigenvalue weighted by Gasteiger charge is -2.25. The summed E-state index contributed by atoms with van der Waals surface area (Å²) in [4.78, 5) is 16.7. The Bertz CT molecular complexity index is 1010. The molecule has 2 aliphatic rings. The topological polar surface area (TPSA) is 63.1 Å². The highest BCUT2D eigenvalue weighted by Crippen LogP contribution is 2.34. The van der Waals surface area contributed by atoms with Crippen LogP contribution in [0.4, 0.5) is 0 Å². The molecule has 0 saturated carbocycles. The molecule has 150 valence electrons. The molecule has 29 heavy (non-hydrogen) atoms. The van der Waals surface area contributed by atoms with Gasteiger partial charge in [-0.2, -0.15) is 0 Å². The number of nitrogens with zero attached hydrogens (tertiary/aromatic N) is 4. The Morgan fingerprint density at radius 1 is 1.14 bits per heavy atom. The molecular weight excluding hydrogens is 382 g/mol. The number of carbonyl (C=O) groups excluding carboxylic acids is 1. The van der Waals surface area contributed by atoms with Crippen molar-refractivity contribution in [2.75, 3.05) is 13.1 Å². The first-order valence-electron chi connectivity index (χ1n) is 10.2. The lowest BCUT2D eigenvalue weighted by atomic mass is 9.89. The number of hydrogen-bond donors (Lipinski definition) is 1. The quantitative estimate of drug-likeness (QED) is 0.706. The van der Waals surface area contributed by atoms with Crippen molar-refractivity contribution in [3.63, 3.8) is 0 Å². The third-order valence-electron chi connectivity index (χ3n) is 6.18. The van der Waals surface area contributed by atoms with Gasteiger partial charge in [0.1, 0.15) is 5.82 Å². The van der Waals surface area contributed by atoms with Crippen LogP contribution in [0.2, 0.25) is 0 Å². The van der Waals surface area contributed by atoms with E-state index in [1.807, 2.05) is 46.2 Å². The second-order valence-electron chi connectivity index (χ2n) is 8.16. The lowest BCUT2D eigenvalue weighted by Crippen LogP contribution is -2.32. The van der Waals surface area contributed by atoms with Gasteiger partial charge in [0, 0.05) is 44.0 Å². The number of nitrogens with one attached hydrogen (secondary N) is 1. The Morgan fingerprint density at radius 2 is 1.97 bits per heavy atom. The van der Waals surface area contributed by atoms with Crippen molar-refractivity contribution in [3.8, 4) is 0 Å². The van der Waals surface area contributed by atoms with E-state index in [1.165, 1.54) is 10.4 Å². The van der Waals surface area contributed by atoms with E-state index in [4.69, 9.17) is 0 Å². The van der Waals surface area contributed by atoms with E-state index >= 15 is 0 Å². The third kappa shape index (κ3) is 3.72. The molecule has 2 atom stereocenters. The van der Waals surface area contributed by atoms with Gasteiger partial charge in [-0.25, -0.2) is 0 Å². The van der Waals surface area contributed by atoms with Gasteiger partial charge in [-0.3, -0.25) is 9.69 Å². The number of aryl methyl sites for hydroxylation is 1. The number of rotatable bonds is 5. The van der Waals surface area contributed by atoms with Crippen LogP contribution in [0.3, 0.4) is 0 Å². The van der Waals surface area contributed by atoms with Crippen molar-refractivity contribution in [2.24, 2.45) is 11.8 Å². The van der Waals surface area contributed by atoms with Crippen LogP contribution in [-0.2, 0) is 26.1 Å². The van der Waals surface area contributed by atoms with Gasteiger partial charge >= 0.3 is 0 Å². The maximum atomic E-state index is 12.7.